The van der Waals surface area contributed by atoms with Crippen LogP contribution in [0.3, 0.4) is 0 Å². The molecule has 0 saturated carbocycles. The van der Waals surface area contributed by atoms with Crippen molar-refractivity contribution in [2.75, 3.05) is 19.0 Å². The molecule has 0 aliphatic rings. The lowest BCUT2D eigenvalue weighted by Gasteiger charge is -2.06. The number of rotatable bonds is 8. The van der Waals surface area contributed by atoms with E-state index in [9.17, 15) is 0 Å². The summed E-state index contributed by atoms with van der Waals surface area (Å²) >= 11 is 0. The highest BCUT2D eigenvalue weighted by Gasteiger charge is 2.11. The van der Waals surface area contributed by atoms with E-state index in [2.05, 4.69) is 44.7 Å². The van der Waals surface area contributed by atoms with Gasteiger partial charge in [0.2, 0.25) is 5.82 Å². The molecule has 0 bridgehead atoms. The molecule has 0 aliphatic carbocycles. The fourth-order valence-corrected chi connectivity index (χ4v) is 2.98. The molecule has 6 heteroatoms. The lowest BCUT2D eigenvalue weighted by molar-refractivity contribution is 0.415. The molecule has 6 nitrogen and oxygen atoms in total. The molecule has 0 atom stereocenters. The molecule has 0 radical (unpaired) electrons. The van der Waals surface area contributed by atoms with E-state index in [-0.39, 0.29) is 0 Å². The van der Waals surface area contributed by atoms with E-state index in [1.165, 1.54) is 5.56 Å². The fraction of sp³-hybridized carbons (Fsp3) is 0.174. The van der Waals surface area contributed by atoms with Gasteiger partial charge in [-0.3, -0.25) is 0 Å². The van der Waals surface area contributed by atoms with Crippen molar-refractivity contribution < 1.29 is 9.26 Å². The van der Waals surface area contributed by atoms with Crippen molar-refractivity contribution in [1.29, 1.82) is 0 Å². The standard InChI is InChI=1S/C23H22N4O2/c1-28-20-12-9-18(10-13-20)22-26-23(29-27-22)19-11-14-21(25-16-19)24-15-5-8-17-6-3-2-4-7-17/h2-4,6-7,9-14,16H,5,8,15H2,1H3,(H,24,25). The Kier molecular flexibility index (Phi) is 5.81. The van der Waals surface area contributed by atoms with E-state index in [4.69, 9.17) is 9.26 Å². The molecule has 29 heavy (non-hydrogen) atoms. The number of nitrogens with one attached hydrogen (secondary N) is 1. The largest absolute Gasteiger partial charge is 0.497 e. The number of methoxy groups -OCH3 is 1. The van der Waals surface area contributed by atoms with Gasteiger partial charge in [-0.1, -0.05) is 35.5 Å². The van der Waals surface area contributed by atoms with E-state index in [1.54, 1.807) is 13.3 Å². The van der Waals surface area contributed by atoms with Gasteiger partial charge in [0.25, 0.3) is 5.89 Å². The van der Waals surface area contributed by atoms with Crippen LogP contribution in [0.2, 0.25) is 0 Å². The molecular formula is C23H22N4O2. The number of aromatic nitrogens is 3. The van der Waals surface area contributed by atoms with Crippen LogP contribution in [-0.4, -0.2) is 28.8 Å². The number of ether oxygens (including phenoxy) is 1. The van der Waals surface area contributed by atoms with Gasteiger partial charge < -0.3 is 14.6 Å². The van der Waals surface area contributed by atoms with Gasteiger partial charge in [0.1, 0.15) is 11.6 Å². The summed E-state index contributed by atoms with van der Waals surface area (Å²) < 4.78 is 10.6. The molecule has 0 unspecified atom stereocenters. The predicted octanol–water partition coefficient (Wildman–Crippen LogP) is 4.85. The first-order valence-electron chi connectivity index (χ1n) is 9.54. The van der Waals surface area contributed by atoms with Crippen molar-refractivity contribution in [2.45, 2.75) is 12.8 Å². The summed E-state index contributed by atoms with van der Waals surface area (Å²) in [6, 6.07) is 21.9. The van der Waals surface area contributed by atoms with Crippen molar-refractivity contribution >= 4 is 5.82 Å². The Morgan fingerprint density at radius 1 is 0.931 bits per heavy atom. The summed E-state index contributed by atoms with van der Waals surface area (Å²) in [5, 5.41) is 7.41. The summed E-state index contributed by atoms with van der Waals surface area (Å²) in [4.78, 5) is 8.91. The SMILES string of the molecule is COc1ccc(-c2noc(-c3ccc(NCCCc4ccccc4)nc3)n2)cc1. The summed E-state index contributed by atoms with van der Waals surface area (Å²) in [7, 11) is 1.64. The van der Waals surface area contributed by atoms with Gasteiger partial charge in [-0.2, -0.15) is 4.98 Å². The van der Waals surface area contributed by atoms with Gasteiger partial charge >= 0.3 is 0 Å². The van der Waals surface area contributed by atoms with Gasteiger partial charge in [-0.05, 0) is 54.8 Å². The fourth-order valence-electron chi connectivity index (χ4n) is 2.98. The van der Waals surface area contributed by atoms with Gasteiger partial charge in [-0.25, -0.2) is 4.98 Å². The van der Waals surface area contributed by atoms with Crippen molar-refractivity contribution in [1.82, 2.24) is 15.1 Å². The average Bonchev–Trinajstić information content (AvgIpc) is 3.28. The Labute approximate surface area is 169 Å². The topological polar surface area (TPSA) is 73.1 Å². The lowest BCUT2D eigenvalue weighted by Crippen LogP contribution is -2.04. The van der Waals surface area contributed by atoms with Crippen molar-refractivity contribution in [3.63, 3.8) is 0 Å². The second-order valence-electron chi connectivity index (χ2n) is 6.60. The maximum absolute atomic E-state index is 5.40. The molecule has 0 saturated heterocycles. The van der Waals surface area contributed by atoms with Crippen LogP contribution in [0.5, 0.6) is 5.75 Å². The molecule has 146 valence electrons. The molecule has 2 heterocycles. The summed E-state index contributed by atoms with van der Waals surface area (Å²) in [6.07, 6.45) is 3.83. The number of hydrogen-bond acceptors (Lipinski definition) is 6. The first kappa shape index (κ1) is 18.7. The zero-order valence-corrected chi connectivity index (χ0v) is 16.2. The van der Waals surface area contributed by atoms with E-state index in [0.29, 0.717) is 11.7 Å². The zero-order chi connectivity index (χ0) is 19.9. The minimum Gasteiger partial charge on any atom is -0.497 e. The van der Waals surface area contributed by atoms with Crippen LogP contribution < -0.4 is 10.1 Å². The maximum atomic E-state index is 5.40. The predicted molar refractivity (Wildman–Crippen MR) is 113 cm³/mol. The summed E-state index contributed by atoms with van der Waals surface area (Å²) in [5.74, 6) is 2.59. The highest BCUT2D eigenvalue weighted by atomic mass is 16.5. The van der Waals surface area contributed by atoms with Crippen LogP contribution >= 0.6 is 0 Å². The Morgan fingerprint density at radius 2 is 1.72 bits per heavy atom. The third-order valence-electron chi connectivity index (χ3n) is 4.58. The number of anilines is 1. The Morgan fingerprint density at radius 3 is 2.45 bits per heavy atom. The molecule has 1 N–H and O–H groups in total. The van der Waals surface area contributed by atoms with Crippen LogP contribution in [0.1, 0.15) is 12.0 Å². The van der Waals surface area contributed by atoms with E-state index in [1.807, 2.05) is 42.5 Å². The number of benzene rings is 2. The third-order valence-corrected chi connectivity index (χ3v) is 4.58. The van der Waals surface area contributed by atoms with E-state index < -0.39 is 0 Å². The van der Waals surface area contributed by atoms with E-state index in [0.717, 1.165) is 42.1 Å². The molecule has 0 fully saturated rings. The molecule has 0 amide bonds. The highest BCUT2D eigenvalue weighted by molar-refractivity contribution is 5.60. The Bertz CT molecular complexity index is 1030. The monoisotopic (exact) mass is 386 g/mol. The number of hydrogen-bond donors (Lipinski definition) is 1. The van der Waals surface area contributed by atoms with Gasteiger partial charge in [-0.15, -0.1) is 0 Å². The normalized spacial score (nSPS) is 10.7. The van der Waals surface area contributed by atoms with Gasteiger partial charge in [0.15, 0.2) is 0 Å². The zero-order valence-electron chi connectivity index (χ0n) is 16.2. The van der Waals surface area contributed by atoms with Crippen LogP contribution in [0.4, 0.5) is 5.82 Å². The number of pyridine rings is 1. The summed E-state index contributed by atoms with van der Waals surface area (Å²) in [6.45, 7) is 0.865. The Hall–Kier alpha value is -3.67. The molecule has 0 aliphatic heterocycles. The molecule has 2 aromatic carbocycles. The quantitative estimate of drug-likeness (QED) is 0.436. The second kappa shape index (κ2) is 9.01. The smallest absolute Gasteiger partial charge is 0.259 e. The van der Waals surface area contributed by atoms with Crippen LogP contribution in [0.15, 0.2) is 77.4 Å². The van der Waals surface area contributed by atoms with Crippen LogP contribution in [0, 0.1) is 0 Å². The van der Waals surface area contributed by atoms with Gasteiger partial charge in [0, 0.05) is 18.3 Å². The maximum Gasteiger partial charge on any atom is 0.259 e. The molecule has 0 spiro atoms. The molecular weight excluding hydrogens is 364 g/mol. The van der Waals surface area contributed by atoms with Crippen molar-refractivity contribution in [2.24, 2.45) is 0 Å². The van der Waals surface area contributed by atoms with Gasteiger partial charge in [0.05, 0.1) is 12.7 Å². The first-order valence-corrected chi connectivity index (χ1v) is 9.54. The average molecular weight is 386 g/mol. The number of aryl methyl sites for hydroxylation is 1. The highest BCUT2D eigenvalue weighted by Crippen LogP contribution is 2.24. The molecule has 2 aromatic heterocycles. The number of nitrogens with zero attached hydrogens (tertiary/aromatic N) is 3. The minimum absolute atomic E-state index is 0.443. The van der Waals surface area contributed by atoms with E-state index >= 15 is 0 Å². The van der Waals surface area contributed by atoms with Crippen molar-refractivity contribution in [3.05, 3.63) is 78.5 Å². The van der Waals surface area contributed by atoms with Crippen LogP contribution in [0.25, 0.3) is 22.8 Å². The third kappa shape index (κ3) is 4.79. The second-order valence-corrected chi connectivity index (χ2v) is 6.60. The summed E-state index contributed by atoms with van der Waals surface area (Å²) in [5.41, 5.74) is 3.00. The molecule has 4 aromatic rings. The first-order chi connectivity index (χ1) is 14.3. The minimum atomic E-state index is 0.443. The molecule has 4 rings (SSSR count). The lowest BCUT2D eigenvalue weighted by atomic mass is 10.1. The Balaban J connectivity index is 1.33. The van der Waals surface area contributed by atoms with Crippen molar-refractivity contribution in [3.8, 4) is 28.6 Å². The van der Waals surface area contributed by atoms with Crippen LogP contribution in [-0.2, 0) is 6.42 Å².